The highest BCUT2D eigenvalue weighted by Crippen LogP contribution is 2.38. The van der Waals surface area contributed by atoms with Crippen molar-refractivity contribution in [1.82, 2.24) is 4.98 Å². The number of rotatable bonds is 3. The smallest absolute Gasteiger partial charge is 0.330 e. The molecule has 0 unspecified atom stereocenters. The van der Waals surface area contributed by atoms with Crippen molar-refractivity contribution in [2.24, 2.45) is 0 Å². The molecular formula is C11H5Br2FN2O3. The fraction of sp³-hybridized carbons (Fsp3) is 0. The van der Waals surface area contributed by atoms with Gasteiger partial charge in [-0.25, -0.2) is 4.39 Å². The lowest BCUT2D eigenvalue weighted by molar-refractivity contribution is -0.386. The number of nitrogens with zero attached hydrogens (tertiary/aromatic N) is 2. The lowest BCUT2D eigenvalue weighted by Gasteiger charge is -2.08. The minimum Gasteiger partial charge on any atom is -0.446 e. The summed E-state index contributed by atoms with van der Waals surface area (Å²) < 4.78 is 19.7. The Morgan fingerprint density at radius 2 is 2.05 bits per heavy atom. The predicted octanol–water partition coefficient (Wildman–Crippen LogP) is 4.45. The van der Waals surface area contributed by atoms with E-state index in [4.69, 9.17) is 4.74 Å². The van der Waals surface area contributed by atoms with Gasteiger partial charge >= 0.3 is 5.69 Å². The summed E-state index contributed by atoms with van der Waals surface area (Å²) in [5, 5.41) is 10.9. The van der Waals surface area contributed by atoms with Crippen LogP contribution < -0.4 is 4.74 Å². The van der Waals surface area contributed by atoms with Crippen LogP contribution in [-0.4, -0.2) is 9.91 Å². The van der Waals surface area contributed by atoms with Gasteiger partial charge < -0.3 is 4.74 Å². The lowest BCUT2D eigenvalue weighted by atomic mass is 10.3. The van der Waals surface area contributed by atoms with Crippen LogP contribution in [0.1, 0.15) is 0 Å². The molecule has 0 amide bonds. The van der Waals surface area contributed by atoms with Gasteiger partial charge in [0.2, 0.25) is 5.75 Å². The van der Waals surface area contributed by atoms with Gasteiger partial charge in [-0.05, 0) is 34.1 Å². The van der Waals surface area contributed by atoms with E-state index < -0.39 is 10.7 Å². The van der Waals surface area contributed by atoms with E-state index in [1.807, 2.05) is 0 Å². The van der Waals surface area contributed by atoms with E-state index in [1.54, 1.807) is 0 Å². The molecule has 8 heteroatoms. The van der Waals surface area contributed by atoms with Crippen molar-refractivity contribution in [1.29, 1.82) is 0 Å². The Bertz CT molecular complexity index is 652. The number of ether oxygens (including phenoxy) is 1. The van der Waals surface area contributed by atoms with Gasteiger partial charge in [-0.15, -0.1) is 0 Å². The average Bonchev–Trinajstić information content (AvgIpc) is 2.35. The van der Waals surface area contributed by atoms with Gasteiger partial charge in [-0.1, -0.05) is 15.9 Å². The van der Waals surface area contributed by atoms with Crippen molar-refractivity contribution >= 4 is 37.5 Å². The number of halogens is 3. The third-order valence-corrected chi connectivity index (χ3v) is 3.19. The van der Waals surface area contributed by atoms with Crippen molar-refractivity contribution in [3.63, 3.8) is 0 Å². The summed E-state index contributed by atoms with van der Waals surface area (Å²) in [6, 6.07) is 4.07. The fourth-order valence-electron chi connectivity index (χ4n) is 1.31. The minimum atomic E-state index is -0.650. The SMILES string of the molecule is O=[N+]([O-])c1cncc(Br)c1Oc1cc(Br)ccc1F. The van der Waals surface area contributed by atoms with E-state index in [2.05, 4.69) is 36.8 Å². The highest BCUT2D eigenvalue weighted by Gasteiger charge is 2.21. The van der Waals surface area contributed by atoms with Crippen molar-refractivity contribution in [3.05, 3.63) is 55.5 Å². The maximum absolute atomic E-state index is 13.6. The standard InChI is InChI=1S/C11H5Br2FN2O3/c12-6-1-2-8(14)10(3-6)19-11-7(13)4-15-5-9(11)16(17)18/h1-5H. The molecule has 0 aliphatic heterocycles. The number of nitro groups is 1. The highest BCUT2D eigenvalue weighted by molar-refractivity contribution is 9.10. The fourth-order valence-corrected chi connectivity index (χ4v) is 2.05. The second-order valence-electron chi connectivity index (χ2n) is 3.40. The molecule has 1 aromatic heterocycles. The molecule has 98 valence electrons. The van der Waals surface area contributed by atoms with Crippen LogP contribution in [0.15, 0.2) is 39.5 Å². The van der Waals surface area contributed by atoms with Crippen LogP contribution in [0.3, 0.4) is 0 Å². The molecule has 2 rings (SSSR count). The van der Waals surface area contributed by atoms with E-state index in [0.717, 1.165) is 6.20 Å². The number of hydrogen-bond donors (Lipinski definition) is 0. The topological polar surface area (TPSA) is 65.3 Å². The lowest BCUT2D eigenvalue weighted by Crippen LogP contribution is -1.96. The van der Waals surface area contributed by atoms with Crippen molar-refractivity contribution in [2.75, 3.05) is 0 Å². The van der Waals surface area contributed by atoms with E-state index in [1.165, 1.54) is 24.4 Å². The first-order valence-electron chi connectivity index (χ1n) is 4.90. The van der Waals surface area contributed by atoms with E-state index >= 15 is 0 Å². The monoisotopic (exact) mass is 390 g/mol. The number of hydrogen-bond acceptors (Lipinski definition) is 4. The largest absolute Gasteiger partial charge is 0.446 e. The summed E-state index contributed by atoms with van der Waals surface area (Å²) >= 11 is 6.26. The molecule has 1 aromatic carbocycles. The van der Waals surface area contributed by atoms with Crippen molar-refractivity contribution < 1.29 is 14.1 Å². The zero-order valence-corrected chi connectivity index (χ0v) is 12.3. The Balaban J connectivity index is 2.49. The second kappa shape index (κ2) is 5.62. The van der Waals surface area contributed by atoms with E-state index in [0.29, 0.717) is 4.47 Å². The van der Waals surface area contributed by atoms with Crippen LogP contribution in [0.25, 0.3) is 0 Å². The average molecular weight is 392 g/mol. The normalized spacial score (nSPS) is 10.3. The van der Waals surface area contributed by atoms with Crippen LogP contribution in [-0.2, 0) is 0 Å². The third kappa shape index (κ3) is 3.07. The van der Waals surface area contributed by atoms with Gasteiger partial charge in [0, 0.05) is 10.7 Å². The summed E-state index contributed by atoms with van der Waals surface area (Å²) in [7, 11) is 0. The molecule has 5 nitrogen and oxygen atoms in total. The molecule has 0 aliphatic rings. The number of benzene rings is 1. The maximum Gasteiger partial charge on any atom is 0.330 e. The Hall–Kier alpha value is -1.54. The summed E-state index contributed by atoms with van der Waals surface area (Å²) in [5.74, 6) is -0.845. The molecule has 19 heavy (non-hydrogen) atoms. The molecule has 1 heterocycles. The summed E-state index contributed by atoms with van der Waals surface area (Å²) in [6.45, 7) is 0. The molecule has 0 spiro atoms. The minimum absolute atomic E-state index is 0.1000. The molecule has 0 saturated carbocycles. The Morgan fingerprint density at radius 3 is 2.74 bits per heavy atom. The van der Waals surface area contributed by atoms with Crippen LogP contribution in [0, 0.1) is 15.9 Å². The summed E-state index contributed by atoms with van der Waals surface area (Å²) in [4.78, 5) is 13.9. The molecule has 0 saturated heterocycles. The maximum atomic E-state index is 13.6. The quantitative estimate of drug-likeness (QED) is 0.572. The zero-order valence-electron chi connectivity index (χ0n) is 9.14. The predicted molar refractivity (Wildman–Crippen MR) is 72.8 cm³/mol. The Kier molecular flexibility index (Phi) is 4.11. The molecule has 2 aromatic rings. The molecular weight excluding hydrogens is 387 g/mol. The van der Waals surface area contributed by atoms with Crippen LogP contribution in [0.5, 0.6) is 11.5 Å². The van der Waals surface area contributed by atoms with E-state index in [-0.39, 0.29) is 21.7 Å². The molecule has 0 aliphatic carbocycles. The van der Waals surface area contributed by atoms with Gasteiger partial charge in [-0.2, -0.15) is 0 Å². The highest BCUT2D eigenvalue weighted by atomic mass is 79.9. The van der Waals surface area contributed by atoms with Crippen LogP contribution in [0.4, 0.5) is 10.1 Å². The van der Waals surface area contributed by atoms with Crippen LogP contribution >= 0.6 is 31.9 Å². The first kappa shape index (κ1) is 13.9. The number of aromatic nitrogens is 1. The Morgan fingerprint density at radius 1 is 1.32 bits per heavy atom. The van der Waals surface area contributed by atoms with Gasteiger partial charge in [0.05, 0.1) is 9.40 Å². The first-order valence-corrected chi connectivity index (χ1v) is 6.48. The van der Waals surface area contributed by atoms with Gasteiger partial charge in [0.15, 0.2) is 11.6 Å². The molecule has 0 atom stereocenters. The van der Waals surface area contributed by atoms with E-state index in [9.17, 15) is 14.5 Å². The van der Waals surface area contributed by atoms with Crippen LogP contribution in [0.2, 0.25) is 0 Å². The summed E-state index contributed by atoms with van der Waals surface area (Å²) in [6.07, 6.45) is 2.37. The summed E-state index contributed by atoms with van der Waals surface area (Å²) in [5.41, 5.74) is -0.353. The van der Waals surface area contributed by atoms with Gasteiger partial charge in [0.1, 0.15) is 6.20 Å². The molecule has 0 bridgehead atoms. The third-order valence-electron chi connectivity index (χ3n) is 2.14. The molecule has 0 radical (unpaired) electrons. The molecule has 0 fully saturated rings. The second-order valence-corrected chi connectivity index (χ2v) is 5.17. The Labute approximate surface area is 123 Å². The van der Waals surface area contributed by atoms with Crippen molar-refractivity contribution in [2.45, 2.75) is 0 Å². The first-order chi connectivity index (χ1) is 8.99. The van der Waals surface area contributed by atoms with Gasteiger partial charge in [-0.3, -0.25) is 15.1 Å². The number of pyridine rings is 1. The molecule has 0 N–H and O–H groups in total. The van der Waals surface area contributed by atoms with Crippen molar-refractivity contribution in [3.8, 4) is 11.5 Å². The zero-order chi connectivity index (χ0) is 14.0. The van der Waals surface area contributed by atoms with Gasteiger partial charge in [0.25, 0.3) is 0 Å².